The van der Waals surface area contributed by atoms with Crippen LogP contribution in [0, 0.1) is 17.8 Å². The molecule has 2 heterocycles. The SMILES string of the molecule is CC(C)CC(C(=O)NC1COc2ccccc21)N1C(=O)C2CC=CCC2C1=O. The summed E-state index contributed by atoms with van der Waals surface area (Å²) in [5.74, 6) is -0.410. The van der Waals surface area contributed by atoms with Crippen molar-refractivity contribution in [1.29, 1.82) is 0 Å². The predicted octanol–water partition coefficient (Wildman–Crippen LogP) is 2.60. The number of allylic oxidation sites excluding steroid dienone is 2. The highest BCUT2D eigenvalue weighted by Crippen LogP contribution is 2.37. The van der Waals surface area contributed by atoms with Crippen molar-refractivity contribution in [3.63, 3.8) is 0 Å². The summed E-state index contributed by atoms with van der Waals surface area (Å²) in [6, 6.07) is 6.55. The maximum Gasteiger partial charge on any atom is 0.243 e. The second kappa shape index (κ2) is 7.41. The molecule has 148 valence electrons. The predicted molar refractivity (Wildman–Crippen MR) is 103 cm³/mol. The van der Waals surface area contributed by atoms with Crippen LogP contribution < -0.4 is 10.1 Å². The number of hydrogen-bond acceptors (Lipinski definition) is 4. The molecule has 1 saturated heterocycles. The van der Waals surface area contributed by atoms with Gasteiger partial charge in [-0.05, 0) is 31.2 Å². The Morgan fingerprint density at radius 3 is 2.43 bits per heavy atom. The van der Waals surface area contributed by atoms with E-state index >= 15 is 0 Å². The first-order valence-corrected chi connectivity index (χ1v) is 10.0. The fourth-order valence-corrected chi connectivity index (χ4v) is 4.46. The molecule has 1 fully saturated rings. The van der Waals surface area contributed by atoms with Crippen LogP contribution in [0.15, 0.2) is 36.4 Å². The molecule has 0 aromatic heterocycles. The first-order valence-electron chi connectivity index (χ1n) is 10.0. The highest BCUT2D eigenvalue weighted by molar-refractivity contribution is 6.08. The number of fused-ring (bicyclic) bond motifs is 2. The van der Waals surface area contributed by atoms with Crippen LogP contribution >= 0.6 is 0 Å². The minimum absolute atomic E-state index is 0.171. The summed E-state index contributed by atoms with van der Waals surface area (Å²) in [7, 11) is 0. The molecule has 1 N–H and O–H groups in total. The molecular weight excluding hydrogens is 356 g/mol. The Morgan fingerprint density at radius 1 is 1.14 bits per heavy atom. The molecular formula is C22H26N2O4. The molecule has 28 heavy (non-hydrogen) atoms. The molecule has 0 spiro atoms. The molecule has 6 nitrogen and oxygen atoms in total. The number of carbonyl (C=O) groups excluding carboxylic acids is 3. The Kier molecular flexibility index (Phi) is 4.96. The molecule has 0 bridgehead atoms. The van der Waals surface area contributed by atoms with Crippen LogP contribution in [0.4, 0.5) is 0 Å². The number of imide groups is 1. The van der Waals surface area contributed by atoms with Crippen molar-refractivity contribution in [3.8, 4) is 5.75 Å². The van der Waals surface area contributed by atoms with Crippen LogP contribution in [0.5, 0.6) is 5.75 Å². The van der Waals surface area contributed by atoms with E-state index in [4.69, 9.17) is 4.74 Å². The monoisotopic (exact) mass is 382 g/mol. The Balaban J connectivity index is 1.56. The Labute approximate surface area is 164 Å². The summed E-state index contributed by atoms with van der Waals surface area (Å²) >= 11 is 0. The van der Waals surface area contributed by atoms with Gasteiger partial charge in [0.15, 0.2) is 0 Å². The van der Waals surface area contributed by atoms with Crippen LogP contribution in [0.1, 0.15) is 44.7 Å². The van der Waals surface area contributed by atoms with Crippen molar-refractivity contribution >= 4 is 17.7 Å². The topological polar surface area (TPSA) is 75.7 Å². The second-order valence-corrected chi connectivity index (χ2v) is 8.26. The van der Waals surface area contributed by atoms with Gasteiger partial charge in [-0.2, -0.15) is 0 Å². The number of amides is 3. The lowest BCUT2D eigenvalue weighted by molar-refractivity contribution is -0.148. The number of nitrogens with zero attached hydrogens (tertiary/aromatic N) is 1. The molecule has 0 radical (unpaired) electrons. The van der Waals surface area contributed by atoms with E-state index in [1.165, 1.54) is 4.90 Å². The average molecular weight is 382 g/mol. The van der Waals surface area contributed by atoms with Gasteiger partial charge in [0.1, 0.15) is 18.4 Å². The number of hydrogen-bond donors (Lipinski definition) is 1. The molecule has 3 aliphatic rings. The lowest BCUT2D eigenvalue weighted by Gasteiger charge is -2.28. The van der Waals surface area contributed by atoms with E-state index in [1.54, 1.807) is 0 Å². The summed E-state index contributed by atoms with van der Waals surface area (Å²) in [5.41, 5.74) is 0.927. The summed E-state index contributed by atoms with van der Waals surface area (Å²) < 4.78 is 5.65. The molecule has 6 heteroatoms. The third kappa shape index (κ3) is 3.21. The standard InChI is InChI=1S/C22H26N2O4/c1-13(2)11-18(24-21(26)14-7-3-4-8-15(14)22(24)27)20(25)23-17-12-28-19-10-6-5-9-16(17)19/h3-6,9-10,13-15,17-18H,7-8,11-12H2,1-2H3,(H,23,25). The Hall–Kier alpha value is -2.63. The van der Waals surface area contributed by atoms with Crippen molar-refractivity contribution in [3.05, 3.63) is 42.0 Å². The Bertz CT molecular complexity index is 806. The number of nitrogens with one attached hydrogen (secondary N) is 1. The summed E-state index contributed by atoms with van der Waals surface area (Å²) in [5, 5.41) is 3.01. The van der Waals surface area contributed by atoms with E-state index in [0.29, 0.717) is 25.9 Å². The van der Waals surface area contributed by atoms with Crippen molar-refractivity contribution in [1.82, 2.24) is 10.2 Å². The lowest BCUT2D eigenvalue weighted by atomic mass is 9.85. The number of benzene rings is 1. The highest BCUT2D eigenvalue weighted by atomic mass is 16.5. The zero-order valence-corrected chi connectivity index (χ0v) is 16.3. The molecule has 0 saturated carbocycles. The average Bonchev–Trinajstić information content (AvgIpc) is 3.20. The van der Waals surface area contributed by atoms with E-state index in [-0.39, 0.29) is 41.5 Å². The van der Waals surface area contributed by atoms with Gasteiger partial charge >= 0.3 is 0 Å². The van der Waals surface area contributed by atoms with Crippen LogP contribution in [0.2, 0.25) is 0 Å². The molecule has 1 aliphatic carbocycles. The van der Waals surface area contributed by atoms with Gasteiger partial charge < -0.3 is 10.1 Å². The number of para-hydroxylation sites is 1. The van der Waals surface area contributed by atoms with Gasteiger partial charge in [0.2, 0.25) is 17.7 Å². The van der Waals surface area contributed by atoms with Gasteiger partial charge in [-0.3, -0.25) is 19.3 Å². The van der Waals surface area contributed by atoms with Crippen molar-refractivity contribution in [2.45, 2.75) is 45.2 Å². The third-order valence-electron chi connectivity index (χ3n) is 5.87. The molecule has 1 aromatic rings. The van der Waals surface area contributed by atoms with Gasteiger partial charge in [0.05, 0.1) is 17.9 Å². The van der Waals surface area contributed by atoms with E-state index in [9.17, 15) is 14.4 Å². The van der Waals surface area contributed by atoms with Crippen molar-refractivity contribution in [2.75, 3.05) is 6.61 Å². The van der Waals surface area contributed by atoms with Crippen molar-refractivity contribution < 1.29 is 19.1 Å². The van der Waals surface area contributed by atoms with Gasteiger partial charge in [-0.1, -0.05) is 44.2 Å². The minimum atomic E-state index is -0.779. The summed E-state index contributed by atoms with van der Waals surface area (Å²) in [6.45, 7) is 4.35. The first-order chi connectivity index (χ1) is 13.5. The minimum Gasteiger partial charge on any atom is -0.491 e. The highest BCUT2D eigenvalue weighted by Gasteiger charge is 2.51. The summed E-state index contributed by atoms with van der Waals surface area (Å²) in [6.07, 6.45) is 5.52. The molecule has 2 aliphatic heterocycles. The Morgan fingerprint density at radius 2 is 1.79 bits per heavy atom. The molecule has 4 unspecified atom stereocenters. The molecule has 4 atom stereocenters. The number of carbonyl (C=O) groups is 3. The quantitative estimate of drug-likeness (QED) is 0.627. The lowest BCUT2D eigenvalue weighted by Crippen LogP contribution is -2.51. The van der Waals surface area contributed by atoms with Gasteiger partial charge in [0, 0.05) is 5.56 Å². The normalized spacial score (nSPS) is 26.8. The van der Waals surface area contributed by atoms with Gasteiger partial charge in [0.25, 0.3) is 0 Å². The van der Waals surface area contributed by atoms with Crippen molar-refractivity contribution in [2.24, 2.45) is 17.8 Å². The zero-order chi connectivity index (χ0) is 19.8. The largest absolute Gasteiger partial charge is 0.491 e. The fourth-order valence-electron chi connectivity index (χ4n) is 4.46. The van der Waals surface area contributed by atoms with Crippen LogP contribution in [0.3, 0.4) is 0 Å². The molecule has 1 aromatic carbocycles. The second-order valence-electron chi connectivity index (χ2n) is 8.26. The van der Waals surface area contributed by atoms with E-state index in [1.807, 2.05) is 50.3 Å². The fraction of sp³-hybridized carbons (Fsp3) is 0.500. The smallest absolute Gasteiger partial charge is 0.243 e. The van der Waals surface area contributed by atoms with E-state index in [2.05, 4.69) is 5.32 Å². The number of rotatable bonds is 5. The van der Waals surface area contributed by atoms with Gasteiger partial charge in [-0.25, -0.2) is 0 Å². The first kappa shape index (κ1) is 18.7. The molecule has 3 amide bonds. The summed E-state index contributed by atoms with van der Waals surface area (Å²) in [4.78, 5) is 40.4. The maximum atomic E-state index is 13.2. The third-order valence-corrected chi connectivity index (χ3v) is 5.87. The van der Waals surface area contributed by atoms with Crippen LogP contribution in [-0.4, -0.2) is 35.3 Å². The molecule has 4 rings (SSSR count). The van der Waals surface area contributed by atoms with E-state index < -0.39 is 6.04 Å². The zero-order valence-electron chi connectivity index (χ0n) is 16.3. The van der Waals surface area contributed by atoms with Crippen LogP contribution in [0.25, 0.3) is 0 Å². The van der Waals surface area contributed by atoms with E-state index in [0.717, 1.165) is 11.3 Å². The number of likely N-dealkylation sites (tertiary alicyclic amines) is 1. The maximum absolute atomic E-state index is 13.2. The van der Waals surface area contributed by atoms with Crippen LogP contribution in [-0.2, 0) is 14.4 Å². The number of ether oxygens (including phenoxy) is 1. The van der Waals surface area contributed by atoms with Gasteiger partial charge in [-0.15, -0.1) is 0 Å².